The summed E-state index contributed by atoms with van der Waals surface area (Å²) in [6.07, 6.45) is -4.90. The van der Waals surface area contributed by atoms with Crippen LogP contribution in [0.25, 0.3) is 0 Å². The van der Waals surface area contributed by atoms with Crippen LogP contribution in [-0.4, -0.2) is 17.0 Å². The van der Waals surface area contributed by atoms with Crippen LogP contribution in [0.1, 0.15) is 46.3 Å². The highest BCUT2D eigenvalue weighted by Crippen LogP contribution is 2.39. The topological polar surface area (TPSA) is 57.6 Å². The van der Waals surface area contributed by atoms with Crippen LogP contribution in [0, 0.1) is 5.82 Å². The van der Waals surface area contributed by atoms with E-state index in [1.807, 2.05) is 0 Å². The van der Waals surface area contributed by atoms with Gasteiger partial charge in [0.15, 0.2) is 0 Å². The lowest BCUT2D eigenvalue weighted by molar-refractivity contribution is -0.138. The van der Waals surface area contributed by atoms with Crippen molar-refractivity contribution >= 4 is 17.6 Å². The highest BCUT2D eigenvalue weighted by atomic mass is 19.4. The number of rotatable bonds is 4. The maximum atomic E-state index is 14.1. The number of carbonyl (C=O) groups is 2. The SMILES string of the molecule is CC(CC(=O)O)c1cc(N2Cc3c(cccc3C(F)(F)F)C2=O)ccc1F. The van der Waals surface area contributed by atoms with Crippen LogP contribution < -0.4 is 4.90 Å². The zero-order valence-electron chi connectivity index (χ0n) is 14.2. The Labute approximate surface area is 152 Å². The summed E-state index contributed by atoms with van der Waals surface area (Å²) in [4.78, 5) is 24.6. The number of carboxylic acids is 1. The Morgan fingerprint density at radius 3 is 2.59 bits per heavy atom. The van der Waals surface area contributed by atoms with E-state index < -0.39 is 35.4 Å². The first-order valence-electron chi connectivity index (χ1n) is 8.11. The molecule has 27 heavy (non-hydrogen) atoms. The van der Waals surface area contributed by atoms with E-state index in [-0.39, 0.29) is 35.3 Å². The van der Waals surface area contributed by atoms with Crippen molar-refractivity contribution in [1.82, 2.24) is 0 Å². The number of carbonyl (C=O) groups excluding carboxylic acids is 1. The molecule has 2 aromatic rings. The van der Waals surface area contributed by atoms with Crippen LogP contribution in [0.2, 0.25) is 0 Å². The summed E-state index contributed by atoms with van der Waals surface area (Å²) in [5.41, 5.74) is -0.737. The molecule has 8 heteroatoms. The maximum Gasteiger partial charge on any atom is 0.416 e. The molecule has 3 rings (SSSR count). The summed E-state index contributed by atoms with van der Waals surface area (Å²) >= 11 is 0. The zero-order chi connectivity index (χ0) is 19.9. The van der Waals surface area contributed by atoms with Crippen LogP contribution in [0.15, 0.2) is 36.4 Å². The van der Waals surface area contributed by atoms with Gasteiger partial charge in [0.25, 0.3) is 5.91 Å². The molecule has 2 aromatic carbocycles. The van der Waals surface area contributed by atoms with E-state index in [0.29, 0.717) is 0 Å². The predicted molar refractivity (Wildman–Crippen MR) is 89.0 cm³/mol. The number of halogens is 4. The van der Waals surface area contributed by atoms with Crippen LogP contribution in [0.3, 0.4) is 0 Å². The molecule has 0 fully saturated rings. The fourth-order valence-electron chi connectivity index (χ4n) is 3.26. The first kappa shape index (κ1) is 18.9. The molecule has 142 valence electrons. The molecule has 0 bridgehead atoms. The van der Waals surface area contributed by atoms with Crippen molar-refractivity contribution < 1.29 is 32.3 Å². The van der Waals surface area contributed by atoms with Crippen molar-refractivity contribution in [3.63, 3.8) is 0 Å². The second kappa shape index (κ2) is 6.68. The molecule has 0 saturated heterocycles. The van der Waals surface area contributed by atoms with Gasteiger partial charge in [0.2, 0.25) is 0 Å². The molecule has 1 amide bonds. The van der Waals surface area contributed by atoms with Crippen molar-refractivity contribution in [1.29, 1.82) is 0 Å². The lowest BCUT2D eigenvalue weighted by atomic mass is 9.96. The predicted octanol–water partition coefficient (Wildman–Crippen LogP) is 4.58. The third-order valence-corrected chi connectivity index (χ3v) is 4.58. The standard InChI is InChI=1S/C19H15F4NO3/c1-10(7-17(25)26)13-8-11(5-6-16(13)20)24-9-14-12(18(24)27)3-2-4-15(14)19(21,22)23/h2-6,8,10H,7,9H2,1H3,(H,25,26). The fraction of sp³-hybridized carbons (Fsp3) is 0.263. The highest BCUT2D eigenvalue weighted by Gasteiger charge is 2.39. The molecule has 1 N–H and O–H groups in total. The quantitative estimate of drug-likeness (QED) is 0.789. The Hall–Kier alpha value is -2.90. The summed E-state index contributed by atoms with van der Waals surface area (Å²) < 4.78 is 53.7. The Bertz CT molecular complexity index is 924. The number of amides is 1. The van der Waals surface area contributed by atoms with E-state index in [0.717, 1.165) is 17.0 Å². The number of nitrogens with zero attached hydrogens (tertiary/aromatic N) is 1. The van der Waals surface area contributed by atoms with Crippen molar-refractivity contribution in [3.05, 3.63) is 64.5 Å². The molecule has 1 unspecified atom stereocenters. The van der Waals surface area contributed by atoms with Gasteiger partial charge in [-0.15, -0.1) is 0 Å². The second-order valence-corrected chi connectivity index (χ2v) is 6.43. The summed E-state index contributed by atoms with van der Waals surface area (Å²) in [6, 6.07) is 7.12. The number of fused-ring (bicyclic) bond motifs is 1. The average Bonchev–Trinajstić information content (AvgIpc) is 2.91. The van der Waals surface area contributed by atoms with Gasteiger partial charge in [-0.25, -0.2) is 4.39 Å². The minimum absolute atomic E-state index is 0.0470. The molecule has 0 aliphatic carbocycles. The molecule has 1 aliphatic rings. The zero-order valence-corrected chi connectivity index (χ0v) is 14.2. The Morgan fingerprint density at radius 1 is 1.26 bits per heavy atom. The molecule has 0 spiro atoms. The average molecular weight is 381 g/mol. The molecule has 4 nitrogen and oxygen atoms in total. The number of anilines is 1. The number of carboxylic acid groups (broad SMARTS) is 1. The van der Waals surface area contributed by atoms with Crippen LogP contribution in [0.4, 0.5) is 23.2 Å². The summed E-state index contributed by atoms with van der Waals surface area (Å²) in [7, 11) is 0. The highest BCUT2D eigenvalue weighted by molar-refractivity contribution is 6.10. The van der Waals surface area contributed by atoms with Gasteiger partial charge in [-0.05, 0) is 47.4 Å². The van der Waals surface area contributed by atoms with Gasteiger partial charge in [0.05, 0.1) is 18.5 Å². The molecular weight excluding hydrogens is 366 g/mol. The van der Waals surface area contributed by atoms with Gasteiger partial charge >= 0.3 is 12.1 Å². The minimum Gasteiger partial charge on any atom is -0.481 e. The number of hydrogen-bond donors (Lipinski definition) is 1. The number of benzene rings is 2. The third-order valence-electron chi connectivity index (χ3n) is 4.58. The van der Waals surface area contributed by atoms with Gasteiger partial charge in [-0.1, -0.05) is 13.0 Å². The van der Waals surface area contributed by atoms with Crippen LogP contribution >= 0.6 is 0 Å². The first-order valence-corrected chi connectivity index (χ1v) is 8.11. The van der Waals surface area contributed by atoms with Crippen molar-refractivity contribution in [3.8, 4) is 0 Å². The van der Waals surface area contributed by atoms with E-state index in [1.54, 1.807) is 0 Å². The largest absolute Gasteiger partial charge is 0.481 e. The summed E-state index contributed by atoms with van der Waals surface area (Å²) in [6.45, 7) is 1.24. The van der Waals surface area contributed by atoms with Crippen molar-refractivity contribution in [2.24, 2.45) is 0 Å². The van der Waals surface area contributed by atoms with Crippen LogP contribution in [0.5, 0.6) is 0 Å². The van der Waals surface area contributed by atoms with Gasteiger partial charge in [-0.2, -0.15) is 13.2 Å². The smallest absolute Gasteiger partial charge is 0.416 e. The van der Waals surface area contributed by atoms with E-state index >= 15 is 0 Å². The van der Waals surface area contributed by atoms with Gasteiger partial charge in [-0.3, -0.25) is 9.59 Å². The van der Waals surface area contributed by atoms with E-state index in [1.165, 1.54) is 31.2 Å². The van der Waals surface area contributed by atoms with Crippen LogP contribution in [-0.2, 0) is 17.5 Å². The number of hydrogen-bond acceptors (Lipinski definition) is 2. The van der Waals surface area contributed by atoms with E-state index in [2.05, 4.69) is 0 Å². The monoisotopic (exact) mass is 381 g/mol. The lowest BCUT2D eigenvalue weighted by Crippen LogP contribution is -2.23. The first-order chi connectivity index (χ1) is 12.6. The minimum atomic E-state index is -4.59. The third kappa shape index (κ3) is 3.51. The van der Waals surface area contributed by atoms with E-state index in [4.69, 9.17) is 5.11 Å². The Kier molecular flexibility index (Phi) is 4.67. The van der Waals surface area contributed by atoms with Crippen molar-refractivity contribution in [2.45, 2.75) is 32.0 Å². The molecule has 1 heterocycles. The Balaban J connectivity index is 1.99. The van der Waals surface area contributed by atoms with E-state index in [9.17, 15) is 27.2 Å². The molecule has 0 saturated carbocycles. The Morgan fingerprint density at radius 2 is 1.96 bits per heavy atom. The second-order valence-electron chi connectivity index (χ2n) is 6.43. The molecule has 0 aromatic heterocycles. The molecule has 0 radical (unpaired) electrons. The number of alkyl halides is 3. The molecular formula is C19H15F4NO3. The summed E-state index contributed by atoms with van der Waals surface area (Å²) in [5.74, 6) is -3.01. The van der Waals surface area contributed by atoms with Gasteiger partial charge in [0, 0.05) is 11.3 Å². The fourth-order valence-corrected chi connectivity index (χ4v) is 3.26. The normalized spacial score (nSPS) is 15.0. The maximum absolute atomic E-state index is 14.1. The summed E-state index contributed by atoms with van der Waals surface area (Å²) in [5, 5.41) is 8.89. The number of aliphatic carboxylic acids is 1. The van der Waals surface area contributed by atoms with Gasteiger partial charge in [0.1, 0.15) is 5.82 Å². The van der Waals surface area contributed by atoms with Crippen molar-refractivity contribution in [2.75, 3.05) is 4.90 Å². The lowest BCUT2D eigenvalue weighted by Gasteiger charge is -2.19. The molecule has 1 atom stereocenters. The van der Waals surface area contributed by atoms with Gasteiger partial charge < -0.3 is 10.0 Å². The molecule has 1 aliphatic heterocycles.